The molecule has 0 aliphatic carbocycles. The molecule has 1 aliphatic rings. The number of nitrogens with one attached hydrogen (secondary N) is 1. The lowest BCUT2D eigenvalue weighted by Crippen LogP contribution is -2.45. The molecule has 0 saturated carbocycles. The molecular formula is C17H26N6O2. The number of hydrogen-bond acceptors (Lipinski definition) is 7. The van der Waals surface area contributed by atoms with Crippen LogP contribution in [0, 0.1) is 0 Å². The quantitative estimate of drug-likeness (QED) is 0.765. The summed E-state index contributed by atoms with van der Waals surface area (Å²) in [5.74, 6) is 0.929. The van der Waals surface area contributed by atoms with Crippen molar-refractivity contribution in [3.05, 3.63) is 35.8 Å². The minimum absolute atomic E-state index is 0.551. The number of rotatable bonds is 7. The molecule has 0 radical (unpaired) electrons. The van der Waals surface area contributed by atoms with Gasteiger partial charge in [0.05, 0.1) is 12.8 Å². The number of β-amino-alcohol motifs (C(OH)–C–C–N with tert-alkyl or cyclic N) is 1. The van der Waals surface area contributed by atoms with Crippen molar-refractivity contribution in [2.24, 2.45) is 0 Å². The van der Waals surface area contributed by atoms with E-state index >= 15 is 0 Å². The van der Waals surface area contributed by atoms with Gasteiger partial charge < -0.3 is 14.7 Å². The van der Waals surface area contributed by atoms with Gasteiger partial charge in [0, 0.05) is 40.0 Å². The zero-order valence-corrected chi connectivity index (χ0v) is 14.9. The minimum Gasteiger partial charge on any atom is -0.383 e. The first-order valence-electron chi connectivity index (χ1n) is 8.57. The smallest absolute Gasteiger partial charge is 0.128 e. The van der Waals surface area contributed by atoms with Crippen LogP contribution in [-0.4, -0.2) is 70.8 Å². The number of ether oxygens (including phenoxy) is 1. The topological polar surface area (TPSA) is 90.4 Å². The number of anilines is 1. The van der Waals surface area contributed by atoms with E-state index in [9.17, 15) is 5.11 Å². The van der Waals surface area contributed by atoms with E-state index in [0.29, 0.717) is 25.3 Å². The van der Waals surface area contributed by atoms with Crippen LogP contribution in [0.4, 0.5) is 5.82 Å². The third-order valence-electron chi connectivity index (χ3n) is 4.68. The van der Waals surface area contributed by atoms with Gasteiger partial charge in [0.1, 0.15) is 17.1 Å². The van der Waals surface area contributed by atoms with Crippen LogP contribution in [0.2, 0.25) is 0 Å². The second-order valence-corrected chi connectivity index (χ2v) is 6.64. The molecule has 1 atom stereocenters. The fraction of sp³-hybridized carbons (Fsp3) is 0.588. The maximum Gasteiger partial charge on any atom is 0.128 e. The number of aliphatic hydroxyl groups is 1. The van der Waals surface area contributed by atoms with Gasteiger partial charge in [0.15, 0.2) is 0 Å². The van der Waals surface area contributed by atoms with Gasteiger partial charge in [-0.25, -0.2) is 4.98 Å². The number of likely N-dealkylation sites (N-methyl/N-ethyl adjacent to an activating group) is 1. The van der Waals surface area contributed by atoms with Gasteiger partial charge in [-0.1, -0.05) is 6.07 Å². The molecule has 2 N–H and O–H groups in total. The highest BCUT2D eigenvalue weighted by atomic mass is 16.5. The van der Waals surface area contributed by atoms with Crippen LogP contribution in [-0.2, 0) is 16.9 Å². The average Bonchev–Trinajstić information content (AvgIpc) is 3.16. The summed E-state index contributed by atoms with van der Waals surface area (Å²) in [6.45, 7) is 3.74. The van der Waals surface area contributed by atoms with Gasteiger partial charge in [-0.05, 0) is 31.0 Å². The lowest BCUT2D eigenvalue weighted by molar-refractivity contribution is -0.0414. The predicted molar refractivity (Wildman–Crippen MR) is 94.2 cm³/mol. The first-order valence-corrected chi connectivity index (χ1v) is 8.57. The number of pyridine rings is 1. The highest BCUT2D eigenvalue weighted by Crippen LogP contribution is 2.30. The zero-order valence-electron chi connectivity index (χ0n) is 14.9. The molecular weight excluding hydrogens is 320 g/mol. The van der Waals surface area contributed by atoms with Crippen LogP contribution in [0.1, 0.15) is 24.1 Å². The van der Waals surface area contributed by atoms with Gasteiger partial charge in [0.2, 0.25) is 0 Å². The van der Waals surface area contributed by atoms with Gasteiger partial charge >= 0.3 is 0 Å². The molecule has 2 aromatic rings. The molecule has 1 aliphatic heterocycles. The number of likely N-dealkylation sites (tertiary alicyclic amines) is 1. The SMILES string of the molecule is COCCN(C)c1ccc(CN2CCCC(O)(c3cn[nH]n3)C2)cn1. The lowest BCUT2D eigenvalue weighted by atomic mass is 9.90. The summed E-state index contributed by atoms with van der Waals surface area (Å²) < 4.78 is 5.10. The second kappa shape index (κ2) is 7.90. The van der Waals surface area contributed by atoms with E-state index in [2.05, 4.69) is 36.3 Å². The molecule has 25 heavy (non-hydrogen) atoms. The summed E-state index contributed by atoms with van der Waals surface area (Å²) in [5.41, 5.74) is 0.817. The van der Waals surface area contributed by atoms with E-state index in [4.69, 9.17) is 4.74 Å². The normalized spacial score (nSPS) is 21.4. The molecule has 1 fully saturated rings. The van der Waals surface area contributed by atoms with E-state index in [1.807, 2.05) is 19.3 Å². The predicted octanol–water partition coefficient (Wildman–Crippen LogP) is 0.766. The summed E-state index contributed by atoms with van der Waals surface area (Å²) in [6, 6.07) is 4.12. The van der Waals surface area contributed by atoms with Crippen LogP contribution in [0.5, 0.6) is 0 Å². The largest absolute Gasteiger partial charge is 0.383 e. The molecule has 1 unspecified atom stereocenters. The van der Waals surface area contributed by atoms with Gasteiger partial charge in [-0.15, -0.1) is 0 Å². The molecule has 0 bridgehead atoms. The Balaban J connectivity index is 1.60. The molecule has 136 valence electrons. The standard InChI is InChI=1S/C17H26N6O2/c1-22(8-9-25-2)16-5-4-14(10-18-16)12-23-7-3-6-17(24,13-23)15-11-19-21-20-15/h4-5,10-11,24H,3,6-9,12-13H2,1-2H3,(H,19,20,21). The van der Waals surface area contributed by atoms with Crippen molar-refractivity contribution in [1.29, 1.82) is 0 Å². The van der Waals surface area contributed by atoms with Gasteiger partial charge in [-0.3, -0.25) is 4.90 Å². The first-order chi connectivity index (χ1) is 12.1. The number of H-pyrrole nitrogens is 1. The number of nitrogens with zero attached hydrogens (tertiary/aromatic N) is 5. The second-order valence-electron chi connectivity index (χ2n) is 6.64. The maximum absolute atomic E-state index is 10.9. The Morgan fingerprint density at radius 2 is 2.28 bits per heavy atom. The summed E-state index contributed by atoms with van der Waals surface area (Å²) in [7, 11) is 3.70. The summed E-state index contributed by atoms with van der Waals surface area (Å²) in [6.07, 6.45) is 5.14. The van der Waals surface area contributed by atoms with E-state index in [-0.39, 0.29) is 0 Å². The zero-order chi connectivity index (χ0) is 17.7. The monoisotopic (exact) mass is 346 g/mol. The summed E-state index contributed by atoms with van der Waals surface area (Å²) >= 11 is 0. The third-order valence-corrected chi connectivity index (χ3v) is 4.68. The third kappa shape index (κ3) is 4.33. The Bertz CT molecular complexity index is 648. The van der Waals surface area contributed by atoms with Gasteiger partial charge in [0.25, 0.3) is 0 Å². The Morgan fingerprint density at radius 1 is 1.40 bits per heavy atom. The minimum atomic E-state index is -0.932. The Kier molecular flexibility index (Phi) is 5.62. The molecule has 0 aromatic carbocycles. The molecule has 8 nitrogen and oxygen atoms in total. The first kappa shape index (κ1) is 17.8. The Labute approximate surface area is 147 Å². The van der Waals surface area contributed by atoms with Gasteiger partial charge in [-0.2, -0.15) is 15.4 Å². The summed E-state index contributed by atoms with van der Waals surface area (Å²) in [4.78, 5) is 8.84. The average molecular weight is 346 g/mol. The van der Waals surface area contributed by atoms with Crippen molar-refractivity contribution >= 4 is 5.82 Å². The van der Waals surface area contributed by atoms with Crippen LogP contribution in [0.15, 0.2) is 24.5 Å². The van der Waals surface area contributed by atoms with E-state index in [1.165, 1.54) is 0 Å². The van der Waals surface area contributed by atoms with Crippen LogP contribution in [0.25, 0.3) is 0 Å². The fourth-order valence-electron chi connectivity index (χ4n) is 3.23. The highest BCUT2D eigenvalue weighted by molar-refractivity contribution is 5.38. The Morgan fingerprint density at radius 3 is 2.96 bits per heavy atom. The molecule has 0 amide bonds. The number of piperidine rings is 1. The number of methoxy groups -OCH3 is 1. The van der Waals surface area contributed by atoms with Crippen molar-refractivity contribution in [2.45, 2.75) is 25.0 Å². The van der Waals surface area contributed by atoms with Crippen LogP contribution < -0.4 is 4.90 Å². The highest BCUT2D eigenvalue weighted by Gasteiger charge is 2.37. The molecule has 1 saturated heterocycles. The Hall–Kier alpha value is -2.03. The van der Waals surface area contributed by atoms with Crippen LogP contribution >= 0.6 is 0 Å². The van der Waals surface area contributed by atoms with E-state index in [1.54, 1.807) is 13.3 Å². The van der Waals surface area contributed by atoms with Crippen molar-refractivity contribution in [1.82, 2.24) is 25.3 Å². The van der Waals surface area contributed by atoms with Crippen LogP contribution in [0.3, 0.4) is 0 Å². The van der Waals surface area contributed by atoms with Crippen molar-refractivity contribution < 1.29 is 9.84 Å². The molecule has 3 rings (SSSR count). The molecule has 0 spiro atoms. The van der Waals surface area contributed by atoms with E-state index < -0.39 is 5.60 Å². The van der Waals surface area contributed by atoms with Crippen molar-refractivity contribution in [3.63, 3.8) is 0 Å². The summed E-state index contributed by atoms with van der Waals surface area (Å²) in [5, 5.41) is 21.4. The fourth-order valence-corrected chi connectivity index (χ4v) is 3.23. The molecule has 3 heterocycles. The van der Waals surface area contributed by atoms with Crippen molar-refractivity contribution in [3.8, 4) is 0 Å². The number of aromatic amines is 1. The molecule has 2 aromatic heterocycles. The number of aromatic nitrogens is 4. The maximum atomic E-state index is 10.9. The van der Waals surface area contributed by atoms with Crippen molar-refractivity contribution in [2.75, 3.05) is 45.3 Å². The lowest BCUT2D eigenvalue weighted by Gasteiger charge is -2.38. The van der Waals surface area contributed by atoms with E-state index in [0.717, 1.165) is 37.4 Å². The number of hydrogen-bond donors (Lipinski definition) is 2. The molecule has 8 heteroatoms.